The SMILES string of the molecule is Cc1ccc(S(=O)(=O)N[C@H](Cc2ccccc2)C(=O)Nc2cccc([C@@H]3O[C@H](CN(C)Cc4ccccc4)C[C@H](c4ccc(CO)cc4)O3)c2)cc1. The van der Waals surface area contributed by atoms with Gasteiger partial charge >= 0.3 is 0 Å². The van der Waals surface area contributed by atoms with Gasteiger partial charge in [0, 0.05) is 30.8 Å². The highest BCUT2D eigenvalue weighted by molar-refractivity contribution is 7.89. The predicted molar refractivity (Wildman–Crippen MR) is 202 cm³/mol. The zero-order valence-electron chi connectivity index (χ0n) is 29.4. The Hall–Kier alpha value is -4.68. The van der Waals surface area contributed by atoms with Crippen LogP contribution in [-0.4, -0.2) is 50.1 Å². The van der Waals surface area contributed by atoms with Crippen molar-refractivity contribution in [3.63, 3.8) is 0 Å². The Balaban J connectivity index is 1.21. The first kappa shape index (κ1) is 37.1. The summed E-state index contributed by atoms with van der Waals surface area (Å²) in [6.45, 7) is 3.27. The second-order valence-electron chi connectivity index (χ2n) is 13.3. The summed E-state index contributed by atoms with van der Waals surface area (Å²) >= 11 is 0. The highest BCUT2D eigenvalue weighted by atomic mass is 32.2. The Labute approximate surface area is 306 Å². The van der Waals surface area contributed by atoms with Crippen molar-refractivity contribution in [2.45, 2.75) is 62.4 Å². The number of aliphatic hydroxyl groups is 1. The summed E-state index contributed by atoms with van der Waals surface area (Å²) in [6.07, 6.45) is -0.386. The van der Waals surface area contributed by atoms with Gasteiger partial charge in [-0.05, 0) is 66.9 Å². The van der Waals surface area contributed by atoms with Gasteiger partial charge in [-0.15, -0.1) is 0 Å². The molecule has 270 valence electrons. The lowest BCUT2D eigenvalue weighted by Crippen LogP contribution is -2.45. The minimum Gasteiger partial charge on any atom is -0.392 e. The molecule has 1 fully saturated rings. The third-order valence-electron chi connectivity index (χ3n) is 9.08. The van der Waals surface area contributed by atoms with E-state index in [4.69, 9.17) is 9.47 Å². The van der Waals surface area contributed by atoms with Crippen LogP contribution in [0.4, 0.5) is 5.69 Å². The molecule has 52 heavy (non-hydrogen) atoms. The van der Waals surface area contributed by atoms with Gasteiger partial charge in [-0.2, -0.15) is 4.72 Å². The second kappa shape index (κ2) is 17.2. The van der Waals surface area contributed by atoms with Crippen LogP contribution in [0.3, 0.4) is 0 Å². The summed E-state index contributed by atoms with van der Waals surface area (Å²) in [5, 5.41) is 12.5. The van der Waals surface area contributed by atoms with Crippen LogP contribution in [0.15, 0.2) is 138 Å². The number of aryl methyl sites for hydroxylation is 1. The molecule has 5 aromatic carbocycles. The lowest BCUT2D eigenvalue weighted by atomic mass is 9.99. The van der Waals surface area contributed by atoms with Crippen molar-refractivity contribution in [1.82, 2.24) is 9.62 Å². The van der Waals surface area contributed by atoms with Crippen molar-refractivity contribution in [3.05, 3.63) is 167 Å². The molecule has 0 aromatic heterocycles. The summed E-state index contributed by atoms with van der Waals surface area (Å²) in [5.41, 5.74) is 5.95. The molecule has 0 saturated carbocycles. The third kappa shape index (κ3) is 10.0. The first-order valence-electron chi connectivity index (χ1n) is 17.4. The Morgan fingerprint density at radius 3 is 2.15 bits per heavy atom. The predicted octanol–water partition coefficient (Wildman–Crippen LogP) is 6.69. The number of hydrogen-bond acceptors (Lipinski definition) is 7. The minimum atomic E-state index is -4.00. The van der Waals surface area contributed by atoms with E-state index in [0.717, 1.165) is 28.8 Å². The number of aliphatic hydroxyl groups excluding tert-OH is 1. The number of ether oxygens (including phenoxy) is 2. The number of benzene rings is 5. The number of rotatable bonds is 14. The molecule has 1 saturated heterocycles. The number of nitrogens with one attached hydrogen (secondary N) is 2. The van der Waals surface area contributed by atoms with Crippen molar-refractivity contribution in [3.8, 4) is 0 Å². The van der Waals surface area contributed by atoms with Crippen molar-refractivity contribution in [2.24, 2.45) is 0 Å². The van der Waals surface area contributed by atoms with E-state index in [0.29, 0.717) is 24.2 Å². The fourth-order valence-corrected chi connectivity index (χ4v) is 7.54. The van der Waals surface area contributed by atoms with Gasteiger partial charge in [0.15, 0.2) is 6.29 Å². The van der Waals surface area contributed by atoms with Gasteiger partial charge in [-0.3, -0.25) is 9.69 Å². The number of amides is 1. The molecule has 6 rings (SSSR count). The van der Waals surface area contributed by atoms with E-state index in [1.54, 1.807) is 24.3 Å². The van der Waals surface area contributed by atoms with Gasteiger partial charge in [-0.25, -0.2) is 8.42 Å². The van der Waals surface area contributed by atoms with Crippen LogP contribution in [0.1, 0.15) is 52.2 Å². The van der Waals surface area contributed by atoms with Crippen LogP contribution in [-0.2, 0) is 43.9 Å². The van der Waals surface area contributed by atoms with Crippen LogP contribution in [0.25, 0.3) is 0 Å². The molecular formula is C42H45N3O6S. The van der Waals surface area contributed by atoms with Crippen molar-refractivity contribution < 1.29 is 27.8 Å². The molecule has 10 heteroatoms. The van der Waals surface area contributed by atoms with E-state index in [1.165, 1.54) is 17.7 Å². The van der Waals surface area contributed by atoms with Gasteiger partial charge in [0.05, 0.1) is 23.7 Å². The molecule has 1 aliphatic heterocycles. The highest BCUT2D eigenvalue weighted by Crippen LogP contribution is 2.38. The maximum absolute atomic E-state index is 13.9. The van der Waals surface area contributed by atoms with Crippen molar-refractivity contribution >= 4 is 21.6 Å². The normalized spacial score (nSPS) is 18.2. The van der Waals surface area contributed by atoms with Gasteiger partial charge in [0.25, 0.3) is 0 Å². The molecule has 9 nitrogen and oxygen atoms in total. The van der Waals surface area contributed by atoms with E-state index in [9.17, 15) is 18.3 Å². The summed E-state index contributed by atoms with van der Waals surface area (Å²) in [5.74, 6) is -0.496. The molecule has 4 atom stereocenters. The number of carbonyl (C=O) groups excluding carboxylic acids is 1. The van der Waals surface area contributed by atoms with E-state index in [2.05, 4.69) is 34.1 Å². The van der Waals surface area contributed by atoms with E-state index in [1.807, 2.05) is 91.9 Å². The summed E-state index contributed by atoms with van der Waals surface area (Å²) < 4.78 is 42.6. The van der Waals surface area contributed by atoms with Gasteiger partial charge < -0.3 is 19.9 Å². The maximum atomic E-state index is 13.9. The fourth-order valence-electron chi connectivity index (χ4n) is 6.34. The highest BCUT2D eigenvalue weighted by Gasteiger charge is 2.33. The smallest absolute Gasteiger partial charge is 0.242 e. The first-order valence-corrected chi connectivity index (χ1v) is 18.9. The van der Waals surface area contributed by atoms with E-state index >= 15 is 0 Å². The van der Waals surface area contributed by atoms with Crippen LogP contribution >= 0.6 is 0 Å². The zero-order valence-corrected chi connectivity index (χ0v) is 30.2. The molecule has 1 aliphatic rings. The van der Waals surface area contributed by atoms with Gasteiger partial charge in [0.1, 0.15) is 6.04 Å². The van der Waals surface area contributed by atoms with Crippen molar-refractivity contribution in [1.29, 1.82) is 0 Å². The molecule has 0 bridgehead atoms. The summed E-state index contributed by atoms with van der Waals surface area (Å²) in [7, 11) is -1.93. The molecule has 5 aromatic rings. The first-order chi connectivity index (χ1) is 25.1. The van der Waals surface area contributed by atoms with Crippen LogP contribution in [0.5, 0.6) is 0 Å². The molecule has 0 unspecified atom stereocenters. The molecule has 3 N–H and O–H groups in total. The topological polar surface area (TPSA) is 117 Å². The number of hydrogen-bond donors (Lipinski definition) is 3. The lowest BCUT2D eigenvalue weighted by molar-refractivity contribution is -0.252. The number of carbonyl (C=O) groups is 1. The minimum absolute atomic E-state index is 0.0391. The maximum Gasteiger partial charge on any atom is 0.242 e. The lowest BCUT2D eigenvalue weighted by Gasteiger charge is -2.38. The van der Waals surface area contributed by atoms with Gasteiger partial charge in [0.2, 0.25) is 15.9 Å². The van der Waals surface area contributed by atoms with Crippen LogP contribution in [0, 0.1) is 6.92 Å². The molecule has 1 heterocycles. The zero-order chi connectivity index (χ0) is 36.5. The van der Waals surface area contributed by atoms with E-state index in [-0.39, 0.29) is 30.1 Å². The molecular weight excluding hydrogens is 675 g/mol. The number of anilines is 1. The van der Waals surface area contributed by atoms with E-state index < -0.39 is 28.3 Å². The van der Waals surface area contributed by atoms with Crippen LogP contribution < -0.4 is 10.0 Å². The number of likely N-dealkylation sites (N-methyl/N-ethyl adjacent to an activating group) is 1. The molecule has 1 amide bonds. The molecule has 0 aliphatic carbocycles. The largest absolute Gasteiger partial charge is 0.392 e. The Kier molecular flexibility index (Phi) is 12.3. The average Bonchev–Trinajstić information content (AvgIpc) is 3.15. The number of nitrogens with zero attached hydrogens (tertiary/aromatic N) is 1. The van der Waals surface area contributed by atoms with Gasteiger partial charge in [-0.1, -0.05) is 115 Å². The summed E-state index contributed by atoms with van der Waals surface area (Å²) in [6, 6.07) is 40.0. The second-order valence-corrected chi connectivity index (χ2v) is 15.0. The quantitative estimate of drug-likeness (QED) is 0.117. The van der Waals surface area contributed by atoms with Crippen LogP contribution in [0.2, 0.25) is 0 Å². The Bertz CT molecular complexity index is 2010. The number of sulfonamides is 1. The Morgan fingerprint density at radius 1 is 0.808 bits per heavy atom. The molecule has 0 radical (unpaired) electrons. The Morgan fingerprint density at radius 2 is 1.48 bits per heavy atom. The van der Waals surface area contributed by atoms with Crippen molar-refractivity contribution in [2.75, 3.05) is 18.9 Å². The summed E-state index contributed by atoms with van der Waals surface area (Å²) in [4.78, 5) is 16.2. The average molecular weight is 720 g/mol. The standard InChI is InChI=1S/C42H45N3O6S/c1-30-16-22-38(23-17-30)52(48,49)44-39(24-31-10-5-3-6-11-31)41(47)43-36-15-9-14-35(25-36)42-50-37(28-45(2)27-32-12-7-4-8-13-32)26-40(51-42)34-20-18-33(29-46)19-21-34/h3-23,25,37,39-40,42,44,46H,24,26-29H2,1-2H3,(H,43,47)/t37-,39+,40+,42+/m0/s1. The third-order valence-corrected chi connectivity index (χ3v) is 10.6. The molecule has 0 spiro atoms. The fraction of sp³-hybridized carbons (Fsp3) is 0.262. The monoisotopic (exact) mass is 719 g/mol.